The summed E-state index contributed by atoms with van der Waals surface area (Å²) >= 11 is 0. The first-order valence-electron chi connectivity index (χ1n) is 13.8. The third kappa shape index (κ3) is 13.0. The molecular weight excluding hydrogens is 368 g/mol. The lowest BCUT2D eigenvalue weighted by molar-refractivity contribution is -0.154. The second kappa shape index (κ2) is 20.4. The van der Waals surface area contributed by atoms with Gasteiger partial charge in [-0.15, -0.1) is 0 Å². The van der Waals surface area contributed by atoms with Gasteiger partial charge >= 0.3 is 5.97 Å². The van der Waals surface area contributed by atoms with Gasteiger partial charge in [-0.1, -0.05) is 137 Å². The van der Waals surface area contributed by atoms with E-state index in [-0.39, 0.29) is 0 Å². The minimum atomic E-state index is -0.523. The fraction of sp³-hybridized carbons (Fsp3) is 0.964. The predicted octanol–water partition coefficient (Wildman–Crippen LogP) is 9.95. The topological polar surface area (TPSA) is 37.3 Å². The van der Waals surface area contributed by atoms with Crippen LogP contribution in [0.2, 0.25) is 0 Å². The van der Waals surface area contributed by atoms with Gasteiger partial charge in [0.1, 0.15) is 0 Å². The molecule has 0 rings (SSSR count). The highest BCUT2D eigenvalue weighted by atomic mass is 16.4. The van der Waals surface area contributed by atoms with E-state index in [1.54, 1.807) is 0 Å². The molecule has 0 aliphatic heterocycles. The summed E-state index contributed by atoms with van der Waals surface area (Å²) < 4.78 is 0. The summed E-state index contributed by atoms with van der Waals surface area (Å²) in [6, 6.07) is 0. The SMILES string of the molecule is CCCCCCCCCCCCC(CC)(C(=O)O)C(CCC)CCCCCCCC. The lowest BCUT2D eigenvalue weighted by Crippen LogP contribution is -2.38. The van der Waals surface area contributed by atoms with E-state index in [4.69, 9.17) is 0 Å². The zero-order chi connectivity index (χ0) is 22.5. The van der Waals surface area contributed by atoms with E-state index in [0.717, 1.165) is 38.5 Å². The van der Waals surface area contributed by atoms with E-state index in [2.05, 4.69) is 27.7 Å². The molecular formula is C28H56O2. The van der Waals surface area contributed by atoms with E-state index >= 15 is 0 Å². The molecule has 0 spiro atoms. The number of carboxylic acids is 1. The Bertz CT molecular complexity index is 379. The minimum Gasteiger partial charge on any atom is -0.481 e. The normalized spacial score (nSPS) is 14.5. The number of hydrogen-bond donors (Lipinski definition) is 1. The molecule has 180 valence electrons. The summed E-state index contributed by atoms with van der Waals surface area (Å²) in [7, 11) is 0. The average molecular weight is 425 g/mol. The molecule has 0 saturated heterocycles. The highest BCUT2D eigenvalue weighted by Crippen LogP contribution is 2.43. The van der Waals surface area contributed by atoms with Gasteiger partial charge in [0.25, 0.3) is 0 Å². The Morgan fingerprint density at radius 1 is 0.600 bits per heavy atom. The van der Waals surface area contributed by atoms with Gasteiger partial charge in [0.05, 0.1) is 5.41 Å². The van der Waals surface area contributed by atoms with Crippen LogP contribution in [0.15, 0.2) is 0 Å². The van der Waals surface area contributed by atoms with Crippen molar-refractivity contribution in [2.45, 2.75) is 163 Å². The smallest absolute Gasteiger partial charge is 0.309 e. The Hall–Kier alpha value is -0.530. The van der Waals surface area contributed by atoms with Crippen molar-refractivity contribution in [1.82, 2.24) is 0 Å². The summed E-state index contributed by atoms with van der Waals surface area (Å²) in [6.07, 6.45) is 25.9. The minimum absolute atomic E-state index is 0.356. The van der Waals surface area contributed by atoms with Crippen LogP contribution in [-0.2, 0) is 4.79 Å². The van der Waals surface area contributed by atoms with Gasteiger partial charge in [-0.25, -0.2) is 0 Å². The monoisotopic (exact) mass is 424 g/mol. The van der Waals surface area contributed by atoms with Crippen LogP contribution in [0.1, 0.15) is 163 Å². The van der Waals surface area contributed by atoms with Gasteiger partial charge < -0.3 is 5.11 Å². The largest absolute Gasteiger partial charge is 0.481 e. The first-order valence-corrected chi connectivity index (χ1v) is 13.8. The quantitative estimate of drug-likeness (QED) is 0.166. The van der Waals surface area contributed by atoms with Crippen molar-refractivity contribution < 1.29 is 9.90 Å². The van der Waals surface area contributed by atoms with Crippen LogP contribution >= 0.6 is 0 Å². The molecule has 0 radical (unpaired) electrons. The molecule has 0 bridgehead atoms. The van der Waals surface area contributed by atoms with Gasteiger partial charge in [0.2, 0.25) is 0 Å². The fourth-order valence-corrected chi connectivity index (χ4v) is 5.25. The lowest BCUT2D eigenvalue weighted by atomic mass is 9.66. The van der Waals surface area contributed by atoms with Crippen molar-refractivity contribution in [1.29, 1.82) is 0 Å². The molecule has 1 N–H and O–H groups in total. The number of carbonyl (C=O) groups is 1. The summed E-state index contributed by atoms with van der Waals surface area (Å²) in [5.74, 6) is -0.167. The first kappa shape index (κ1) is 29.5. The molecule has 0 heterocycles. The molecule has 0 aromatic rings. The van der Waals surface area contributed by atoms with Gasteiger partial charge in [-0.2, -0.15) is 0 Å². The van der Waals surface area contributed by atoms with Crippen molar-refractivity contribution in [2.75, 3.05) is 0 Å². The molecule has 0 amide bonds. The Balaban J connectivity index is 4.40. The van der Waals surface area contributed by atoms with Gasteiger partial charge in [0.15, 0.2) is 0 Å². The summed E-state index contributed by atoms with van der Waals surface area (Å²) in [4.78, 5) is 12.4. The van der Waals surface area contributed by atoms with E-state index in [9.17, 15) is 9.90 Å². The molecule has 0 aromatic carbocycles. The molecule has 30 heavy (non-hydrogen) atoms. The van der Waals surface area contributed by atoms with Crippen molar-refractivity contribution in [2.24, 2.45) is 11.3 Å². The van der Waals surface area contributed by atoms with E-state index in [1.165, 1.54) is 96.3 Å². The molecule has 2 atom stereocenters. The summed E-state index contributed by atoms with van der Waals surface area (Å²) in [6.45, 7) is 8.87. The fourth-order valence-electron chi connectivity index (χ4n) is 5.25. The Kier molecular flexibility index (Phi) is 20.0. The van der Waals surface area contributed by atoms with Crippen molar-refractivity contribution in [3.63, 3.8) is 0 Å². The van der Waals surface area contributed by atoms with Crippen LogP contribution in [0, 0.1) is 11.3 Å². The molecule has 0 aliphatic carbocycles. The molecule has 2 unspecified atom stereocenters. The second-order valence-electron chi connectivity index (χ2n) is 9.79. The number of aliphatic carboxylic acids is 1. The van der Waals surface area contributed by atoms with Crippen LogP contribution in [0.5, 0.6) is 0 Å². The third-order valence-electron chi connectivity index (χ3n) is 7.36. The molecule has 0 aromatic heterocycles. The molecule has 0 fully saturated rings. The Morgan fingerprint density at radius 2 is 1.03 bits per heavy atom. The Labute approximate surface area is 190 Å². The first-order chi connectivity index (χ1) is 14.6. The lowest BCUT2D eigenvalue weighted by Gasteiger charge is -2.37. The number of rotatable bonds is 23. The van der Waals surface area contributed by atoms with Crippen molar-refractivity contribution >= 4 is 5.97 Å². The van der Waals surface area contributed by atoms with Crippen LogP contribution in [0.3, 0.4) is 0 Å². The molecule has 0 saturated carbocycles. The van der Waals surface area contributed by atoms with Crippen LogP contribution in [-0.4, -0.2) is 11.1 Å². The van der Waals surface area contributed by atoms with Crippen molar-refractivity contribution in [3.8, 4) is 0 Å². The van der Waals surface area contributed by atoms with Gasteiger partial charge in [-0.3, -0.25) is 4.79 Å². The Morgan fingerprint density at radius 3 is 1.43 bits per heavy atom. The number of carboxylic acid groups (broad SMARTS) is 1. The van der Waals surface area contributed by atoms with Crippen LogP contribution < -0.4 is 0 Å². The highest BCUT2D eigenvalue weighted by Gasteiger charge is 2.42. The average Bonchev–Trinajstić information content (AvgIpc) is 2.74. The highest BCUT2D eigenvalue weighted by molar-refractivity contribution is 5.75. The van der Waals surface area contributed by atoms with E-state index in [1.807, 2.05) is 0 Å². The predicted molar refractivity (Wildman–Crippen MR) is 133 cm³/mol. The van der Waals surface area contributed by atoms with Crippen LogP contribution in [0.25, 0.3) is 0 Å². The van der Waals surface area contributed by atoms with Crippen molar-refractivity contribution in [3.05, 3.63) is 0 Å². The summed E-state index contributed by atoms with van der Waals surface area (Å²) in [5, 5.41) is 10.2. The van der Waals surface area contributed by atoms with Gasteiger partial charge in [0, 0.05) is 0 Å². The van der Waals surface area contributed by atoms with E-state index < -0.39 is 11.4 Å². The number of hydrogen-bond acceptors (Lipinski definition) is 1. The third-order valence-corrected chi connectivity index (χ3v) is 7.36. The second-order valence-corrected chi connectivity index (χ2v) is 9.79. The van der Waals surface area contributed by atoms with Crippen LogP contribution in [0.4, 0.5) is 0 Å². The molecule has 2 nitrogen and oxygen atoms in total. The zero-order valence-corrected chi connectivity index (χ0v) is 21.3. The van der Waals surface area contributed by atoms with Gasteiger partial charge in [-0.05, 0) is 31.6 Å². The summed E-state index contributed by atoms with van der Waals surface area (Å²) in [5.41, 5.74) is -0.487. The zero-order valence-electron chi connectivity index (χ0n) is 21.3. The standard InChI is InChI=1S/C28H56O2/c1-5-9-11-13-15-16-17-18-20-22-25-28(8-4,27(29)30)26(23-7-3)24-21-19-14-12-10-6-2/h26H,5-25H2,1-4H3,(H,29,30). The molecule has 0 aliphatic rings. The van der Waals surface area contributed by atoms with E-state index in [0.29, 0.717) is 5.92 Å². The molecule has 2 heteroatoms. The maximum Gasteiger partial charge on any atom is 0.309 e. The maximum atomic E-state index is 12.4. The maximum absolute atomic E-state index is 12.4. The number of unbranched alkanes of at least 4 members (excludes halogenated alkanes) is 14.